The van der Waals surface area contributed by atoms with Gasteiger partial charge in [0, 0.05) is 6.54 Å². The first kappa shape index (κ1) is 17.7. The molecule has 4 nitrogen and oxygen atoms in total. The lowest BCUT2D eigenvalue weighted by atomic mass is 10.0. The second-order valence-electron chi connectivity index (χ2n) is 5.50. The van der Waals surface area contributed by atoms with Crippen LogP contribution in [-0.2, 0) is 17.8 Å². The zero-order valence-electron chi connectivity index (χ0n) is 13.4. The summed E-state index contributed by atoms with van der Waals surface area (Å²) in [4.78, 5) is 14.0. The van der Waals surface area contributed by atoms with E-state index < -0.39 is 0 Å². The van der Waals surface area contributed by atoms with Gasteiger partial charge in [0.1, 0.15) is 0 Å². The third-order valence-corrected chi connectivity index (χ3v) is 3.68. The number of nitrogens with one attached hydrogen (secondary N) is 1. The summed E-state index contributed by atoms with van der Waals surface area (Å²) in [5, 5.41) is 0. The molecule has 0 aliphatic heterocycles. The number of nitrogens with zero attached hydrogens (tertiary/aromatic N) is 1. The molecule has 0 saturated carbocycles. The predicted molar refractivity (Wildman–Crippen MR) is 87.6 cm³/mol. The molecule has 3 N–H and O–H groups in total. The summed E-state index contributed by atoms with van der Waals surface area (Å²) in [5.74, 6) is 5.05. The van der Waals surface area contributed by atoms with Gasteiger partial charge in [-0.1, -0.05) is 51.0 Å². The Morgan fingerprint density at radius 1 is 1.10 bits per heavy atom. The van der Waals surface area contributed by atoms with Gasteiger partial charge in [-0.05, 0) is 37.1 Å². The maximum Gasteiger partial charge on any atom is 0.238 e. The summed E-state index contributed by atoms with van der Waals surface area (Å²) >= 11 is 0. The molecule has 21 heavy (non-hydrogen) atoms. The van der Waals surface area contributed by atoms with Crippen LogP contribution in [0.4, 0.5) is 0 Å². The molecule has 0 aliphatic rings. The first-order chi connectivity index (χ1) is 10.2. The molecule has 1 aromatic carbocycles. The SMILES string of the molecule is CCCCN(CCCC)Cc1ccccc1CC(=O)NN. The average Bonchev–Trinajstić information content (AvgIpc) is 2.51. The van der Waals surface area contributed by atoms with Crippen molar-refractivity contribution in [2.24, 2.45) is 5.84 Å². The standard InChI is InChI=1S/C17H29N3O/c1-3-5-11-20(12-6-4-2)14-16-10-8-7-9-15(16)13-17(21)19-18/h7-10H,3-6,11-14,18H2,1-2H3,(H,19,21). The van der Waals surface area contributed by atoms with Gasteiger partial charge >= 0.3 is 0 Å². The monoisotopic (exact) mass is 291 g/mol. The van der Waals surface area contributed by atoms with Crippen LogP contribution in [0.3, 0.4) is 0 Å². The Kier molecular flexibility index (Phi) is 8.71. The van der Waals surface area contributed by atoms with E-state index in [0.29, 0.717) is 6.42 Å². The van der Waals surface area contributed by atoms with Gasteiger partial charge < -0.3 is 0 Å². The molecule has 0 bridgehead atoms. The topological polar surface area (TPSA) is 58.4 Å². The van der Waals surface area contributed by atoms with Crippen molar-refractivity contribution in [1.29, 1.82) is 0 Å². The van der Waals surface area contributed by atoms with E-state index in [4.69, 9.17) is 5.84 Å². The van der Waals surface area contributed by atoms with Crippen LogP contribution in [-0.4, -0.2) is 23.9 Å². The van der Waals surface area contributed by atoms with E-state index in [2.05, 4.69) is 30.2 Å². The van der Waals surface area contributed by atoms with Crippen molar-refractivity contribution in [2.75, 3.05) is 13.1 Å². The van der Waals surface area contributed by atoms with Crippen molar-refractivity contribution in [3.63, 3.8) is 0 Å². The Morgan fingerprint density at radius 3 is 2.19 bits per heavy atom. The minimum absolute atomic E-state index is 0.142. The van der Waals surface area contributed by atoms with Crippen molar-refractivity contribution < 1.29 is 4.79 Å². The molecular weight excluding hydrogens is 262 g/mol. The van der Waals surface area contributed by atoms with Gasteiger partial charge in [0.2, 0.25) is 5.91 Å². The smallest absolute Gasteiger partial charge is 0.238 e. The molecule has 1 aromatic rings. The van der Waals surface area contributed by atoms with Crippen molar-refractivity contribution in [2.45, 2.75) is 52.5 Å². The maximum absolute atomic E-state index is 11.5. The van der Waals surface area contributed by atoms with E-state index in [-0.39, 0.29) is 5.91 Å². The van der Waals surface area contributed by atoms with Crippen molar-refractivity contribution in [3.8, 4) is 0 Å². The Bertz CT molecular complexity index is 412. The summed E-state index contributed by atoms with van der Waals surface area (Å²) in [5.41, 5.74) is 4.51. The van der Waals surface area contributed by atoms with Crippen LogP contribution in [0.25, 0.3) is 0 Å². The minimum Gasteiger partial charge on any atom is -0.299 e. The highest BCUT2D eigenvalue weighted by Gasteiger charge is 2.10. The van der Waals surface area contributed by atoms with E-state index in [9.17, 15) is 4.79 Å². The van der Waals surface area contributed by atoms with Gasteiger partial charge in [-0.3, -0.25) is 15.1 Å². The highest BCUT2D eigenvalue weighted by atomic mass is 16.2. The molecular formula is C17H29N3O. The van der Waals surface area contributed by atoms with E-state index in [1.165, 1.54) is 31.2 Å². The fourth-order valence-electron chi connectivity index (χ4n) is 2.38. The summed E-state index contributed by atoms with van der Waals surface area (Å²) in [7, 11) is 0. The summed E-state index contributed by atoms with van der Waals surface area (Å²) in [6, 6.07) is 8.15. The molecule has 0 aromatic heterocycles. The Morgan fingerprint density at radius 2 is 1.67 bits per heavy atom. The van der Waals surface area contributed by atoms with Crippen LogP contribution in [0.1, 0.15) is 50.7 Å². The first-order valence-corrected chi connectivity index (χ1v) is 7.99. The zero-order chi connectivity index (χ0) is 15.5. The molecule has 1 rings (SSSR count). The zero-order valence-corrected chi connectivity index (χ0v) is 13.4. The number of rotatable bonds is 10. The van der Waals surface area contributed by atoms with E-state index in [0.717, 1.165) is 25.2 Å². The molecule has 0 spiro atoms. The van der Waals surface area contributed by atoms with Gasteiger partial charge in [-0.2, -0.15) is 0 Å². The lowest BCUT2D eigenvalue weighted by Gasteiger charge is -2.23. The summed E-state index contributed by atoms with van der Waals surface area (Å²) in [6.45, 7) is 7.59. The average molecular weight is 291 g/mol. The molecule has 0 fully saturated rings. The van der Waals surface area contributed by atoms with Crippen LogP contribution in [0.2, 0.25) is 0 Å². The van der Waals surface area contributed by atoms with Crippen molar-refractivity contribution in [1.82, 2.24) is 10.3 Å². The van der Waals surface area contributed by atoms with E-state index >= 15 is 0 Å². The number of benzene rings is 1. The fourth-order valence-corrected chi connectivity index (χ4v) is 2.38. The number of hydrogen-bond acceptors (Lipinski definition) is 3. The molecule has 0 radical (unpaired) electrons. The number of hydrazine groups is 1. The highest BCUT2D eigenvalue weighted by Crippen LogP contribution is 2.14. The van der Waals surface area contributed by atoms with Crippen LogP contribution in [0.15, 0.2) is 24.3 Å². The van der Waals surface area contributed by atoms with Crippen molar-refractivity contribution >= 4 is 5.91 Å². The normalized spacial score (nSPS) is 10.9. The molecule has 0 heterocycles. The van der Waals surface area contributed by atoms with Crippen LogP contribution < -0.4 is 11.3 Å². The Labute approximate surface area is 128 Å². The number of carbonyl (C=O) groups excluding carboxylic acids is 1. The molecule has 118 valence electrons. The van der Waals surface area contributed by atoms with Crippen LogP contribution >= 0.6 is 0 Å². The number of nitrogens with two attached hydrogens (primary N) is 1. The first-order valence-electron chi connectivity index (χ1n) is 7.99. The van der Waals surface area contributed by atoms with Gasteiger partial charge in [-0.25, -0.2) is 5.84 Å². The number of unbranched alkanes of at least 4 members (excludes halogenated alkanes) is 2. The lowest BCUT2D eigenvalue weighted by molar-refractivity contribution is -0.120. The second kappa shape index (κ2) is 10.4. The third kappa shape index (κ3) is 6.74. The lowest BCUT2D eigenvalue weighted by Crippen LogP contribution is -2.32. The van der Waals surface area contributed by atoms with Gasteiger partial charge in [0.15, 0.2) is 0 Å². The van der Waals surface area contributed by atoms with Crippen LogP contribution in [0, 0.1) is 0 Å². The second-order valence-corrected chi connectivity index (χ2v) is 5.50. The maximum atomic E-state index is 11.5. The van der Waals surface area contributed by atoms with Gasteiger partial charge in [0.25, 0.3) is 0 Å². The quantitative estimate of drug-likeness (QED) is 0.396. The molecule has 0 atom stereocenters. The minimum atomic E-state index is -0.142. The van der Waals surface area contributed by atoms with Gasteiger partial charge in [0.05, 0.1) is 6.42 Å². The molecule has 1 amide bonds. The largest absolute Gasteiger partial charge is 0.299 e. The number of amides is 1. The molecule has 0 unspecified atom stereocenters. The highest BCUT2D eigenvalue weighted by molar-refractivity contribution is 5.78. The van der Waals surface area contributed by atoms with E-state index in [1.54, 1.807) is 0 Å². The number of hydrogen-bond donors (Lipinski definition) is 2. The molecule has 0 saturated heterocycles. The molecule has 4 heteroatoms. The Hall–Kier alpha value is -1.39. The van der Waals surface area contributed by atoms with Gasteiger partial charge in [-0.15, -0.1) is 0 Å². The summed E-state index contributed by atoms with van der Waals surface area (Å²) in [6.07, 6.45) is 5.20. The predicted octanol–water partition coefficient (Wildman–Crippen LogP) is 2.62. The number of carbonyl (C=O) groups is 1. The van der Waals surface area contributed by atoms with Crippen molar-refractivity contribution in [3.05, 3.63) is 35.4 Å². The molecule has 0 aliphatic carbocycles. The van der Waals surface area contributed by atoms with Crippen LogP contribution in [0.5, 0.6) is 0 Å². The third-order valence-electron chi connectivity index (χ3n) is 3.68. The summed E-state index contributed by atoms with van der Waals surface area (Å²) < 4.78 is 0. The van der Waals surface area contributed by atoms with E-state index in [1.807, 2.05) is 18.2 Å². The Balaban J connectivity index is 2.74. The fraction of sp³-hybridized carbons (Fsp3) is 0.588.